The van der Waals surface area contributed by atoms with Gasteiger partial charge in [0, 0.05) is 37.8 Å². The smallest absolute Gasteiger partial charge is 0.376 e. The zero-order valence-electron chi connectivity index (χ0n) is 16.5. The minimum absolute atomic E-state index is 0.0337. The van der Waals surface area contributed by atoms with Gasteiger partial charge < -0.3 is 15.1 Å². The lowest BCUT2D eigenvalue weighted by Gasteiger charge is -2.34. The van der Waals surface area contributed by atoms with Crippen LogP contribution in [-0.4, -0.2) is 54.3 Å². The molecule has 1 aromatic carbocycles. The molecule has 0 spiro atoms. The Balaban J connectivity index is 1.46. The van der Waals surface area contributed by atoms with Gasteiger partial charge in [-0.05, 0) is 43.9 Å². The van der Waals surface area contributed by atoms with E-state index in [0.29, 0.717) is 25.9 Å². The van der Waals surface area contributed by atoms with E-state index in [1.54, 1.807) is 4.90 Å². The van der Waals surface area contributed by atoms with E-state index < -0.39 is 11.7 Å². The molecular formula is C21H28F3N3O2. The van der Waals surface area contributed by atoms with Crippen molar-refractivity contribution in [3.05, 3.63) is 29.8 Å². The Bertz CT molecular complexity index is 707. The van der Waals surface area contributed by atoms with Crippen LogP contribution in [0.4, 0.5) is 18.9 Å². The van der Waals surface area contributed by atoms with Crippen LogP contribution in [0.25, 0.3) is 0 Å². The highest BCUT2D eigenvalue weighted by Crippen LogP contribution is 2.30. The Morgan fingerprint density at radius 1 is 0.966 bits per heavy atom. The summed E-state index contributed by atoms with van der Waals surface area (Å²) in [6.45, 7) is 2.62. The standard InChI is InChI=1S/C21H28F3N3O2/c22-21(23,24)17-6-5-7-18(14-17)25-15-19(28)26-12-8-16(9-13-26)20(29)27-10-3-1-2-4-11-27/h5-7,14,16,25H,1-4,8-13,15H2. The first-order valence-electron chi connectivity index (χ1n) is 10.3. The van der Waals surface area contributed by atoms with Crippen LogP contribution in [0.15, 0.2) is 24.3 Å². The van der Waals surface area contributed by atoms with Crippen molar-refractivity contribution in [1.82, 2.24) is 9.80 Å². The molecule has 29 heavy (non-hydrogen) atoms. The number of anilines is 1. The van der Waals surface area contributed by atoms with Crippen LogP contribution in [0.3, 0.4) is 0 Å². The molecule has 2 saturated heterocycles. The van der Waals surface area contributed by atoms with Crippen molar-refractivity contribution >= 4 is 17.5 Å². The fourth-order valence-electron chi connectivity index (χ4n) is 4.02. The van der Waals surface area contributed by atoms with Crippen molar-refractivity contribution in [3.63, 3.8) is 0 Å². The Kier molecular flexibility index (Phi) is 7.03. The van der Waals surface area contributed by atoms with E-state index >= 15 is 0 Å². The monoisotopic (exact) mass is 411 g/mol. The largest absolute Gasteiger partial charge is 0.416 e. The second-order valence-electron chi connectivity index (χ2n) is 7.83. The number of hydrogen-bond acceptors (Lipinski definition) is 3. The summed E-state index contributed by atoms with van der Waals surface area (Å²) in [6, 6.07) is 4.82. The van der Waals surface area contributed by atoms with Gasteiger partial charge in [0.05, 0.1) is 12.1 Å². The Hall–Kier alpha value is -2.25. The molecule has 3 rings (SSSR count). The topological polar surface area (TPSA) is 52.7 Å². The Morgan fingerprint density at radius 2 is 1.62 bits per heavy atom. The highest BCUT2D eigenvalue weighted by Gasteiger charge is 2.31. The fourth-order valence-corrected chi connectivity index (χ4v) is 4.02. The van der Waals surface area contributed by atoms with Crippen LogP contribution in [0.2, 0.25) is 0 Å². The van der Waals surface area contributed by atoms with Crippen LogP contribution in [0, 0.1) is 5.92 Å². The van der Waals surface area contributed by atoms with Gasteiger partial charge in [-0.25, -0.2) is 0 Å². The zero-order valence-corrected chi connectivity index (χ0v) is 16.5. The van der Waals surface area contributed by atoms with Crippen molar-refractivity contribution in [3.8, 4) is 0 Å². The van der Waals surface area contributed by atoms with E-state index in [-0.39, 0.29) is 30.0 Å². The number of rotatable bonds is 4. The molecule has 2 heterocycles. The summed E-state index contributed by atoms with van der Waals surface area (Å²) in [4.78, 5) is 28.8. The van der Waals surface area contributed by atoms with Crippen molar-refractivity contribution in [2.45, 2.75) is 44.7 Å². The van der Waals surface area contributed by atoms with E-state index in [1.807, 2.05) is 4.90 Å². The molecular weight excluding hydrogens is 383 g/mol. The van der Waals surface area contributed by atoms with Gasteiger partial charge in [0.2, 0.25) is 11.8 Å². The van der Waals surface area contributed by atoms with Gasteiger partial charge in [-0.2, -0.15) is 13.2 Å². The average Bonchev–Trinajstić information content (AvgIpc) is 3.01. The quantitative estimate of drug-likeness (QED) is 0.821. The van der Waals surface area contributed by atoms with Gasteiger partial charge in [0.1, 0.15) is 0 Å². The number of benzene rings is 1. The van der Waals surface area contributed by atoms with Crippen molar-refractivity contribution < 1.29 is 22.8 Å². The molecule has 5 nitrogen and oxygen atoms in total. The lowest BCUT2D eigenvalue weighted by molar-refractivity contribution is -0.140. The molecule has 0 aromatic heterocycles. The molecule has 0 bridgehead atoms. The summed E-state index contributed by atoms with van der Waals surface area (Å²) < 4.78 is 38.3. The predicted molar refractivity (Wildman–Crippen MR) is 104 cm³/mol. The molecule has 0 radical (unpaired) electrons. The maximum Gasteiger partial charge on any atom is 0.416 e. The highest BCUT2D eigenvalue weighted by atomic mass is 19.4. The first kappa shape index (κ1) is 21.5. The molecule has 2 amide bonds. The third kappa shape index (κ3) is 5.87. The number of carbonyl (C=O) groups excluding carboxylic acids is 2. The molecule has 0 unspecified atom stereocenters. The average molecular weight is 411 g/mol. The fraction of sp³-hybridized carbons (Fsp3) is 0.619. The number of nitrogens with one attached hydrogen (secondary N) is 1. The predicted octanol–water partition coefficient (Wildman–Crippen LogP) is 3.76. The second-order valence-corrected chi connectivity index (χ2v) is 7.83. The van der Waals surface area contributed by atoms with E-state index in [9.17, 15) is 22.8 Å². The molecule has 1 N–H and O–H groups in total. The van der Waals surface area contributed by atoms with Gasteiger partial charge in [-0.3, -0.25) is 9.59 Å². The third-order valence-electron chi connectivity index (χ3n) is 5.75. The molecule has 0 aliphatic carbocycles. The number of piperidine rings is 1. The van der Waals surface area contributed by atoms with Crippen LogP contribution >= 0.6 is 0 Å². The molecule has 8 heteroatoms. The van der Waals surface area contributed by atoms with E-state index in [2.05, 4.69) is 5.32 Å². The van der Waals surface area contributed by atoms with Crippen LogP contribution in [0.1, 0.15) is 44.1 Å². The molecule has 2 aliphatic heterocycles. The Morgan fingerprint density at radius 3 is 2.24 bits per heavy atom. The minimum atomic E-state index is -4.41. The van der Waals surface area contributed by atoms with Gasteiger partial charge in [-0.15, -0.1) is 0 Å². The Labute approximate surface area is 169 Å². The first-order valence-corrected chi connectivity index (χ1v) is 10.3. The third-order valence-corrected chi connectivity index (χ3v) is 5.75. The van der Waals surface area contributed by atoms with Crippen molar-refractivity contribution in [2.24, 2.45) is 5.92 Å². The van der Waals surface area contributed by atoms with Crippen molar-refractivity contribution in [2.75, 3.05) is 38.0 Å². The summed E-state index contributed by atoms with van der Waals surface area (Å²) in [5, 5.41) is 2.78. The lowest BCUT2D eigenvalue weighted by atomic mass is 9.95. The summed E-state index contributed by atoms with van der Waals surface area (Å²) in [5.74, 6) is 0.0118. The number of hydrogen-bond donors (Lipinski definition) is 1. The summed E-state index contributed by atoms with van der Waals surface area (Å²) >= 11 is 0. The van der Waals surface area contributed by atoms with Gasteiger partial charge >= 0.3 is 6.18 Å². The normalized spacial score (nSPS) is 19.0. The number of likely N-dealkylation sites (tertiary alicyclic amines) is 2. The SMILES string of the molecule is O=C(CNc1cccc(C(F)(F)F)c1)N1CCC(C(=O)N2CCCCCC2)CC1. The maximum atomic E-state index is 12.8. The van der Waals surface area contributed by atoms with Crippen LogP contribution in [-0.2, 0) is 15.8 Å². The number of alkyl halides is 3. The van der Waals surface area contributed by atoms with E-state index in [0.717, 1.165) is 38.1 Å². The number of nitrogens with zero attached hydrogens (tertiary/aromatic N) is 2. The highest BCUT2D eigenvalue weighted by molar-refractivity contribution is 5.82. The van der Waals surface area contributed by atoms with Crippen LogP contribution in [0.5, 0.6) is 0 Å². The summed E-state index contributed by atoms with van der Waals surface area (Å²) in [6.07, 6.45) is 1.35. The molecule has 0 saturated carbocycles. The second kappa shape index (κ2) is 9.50. The number of carbonyl (C=O) groups is 2. The van der Waals surface area contributed by atoms with Crippen molar-refractivity contribution in [1.29, 1.82) is 0 Å². The molecule has 160 valence electrons. The maximum absolute atomic E-state index is 12.8. The summed E-state index contributed by atoms with van der Waals surface area (Å²) in [5.41, 5.74) is -0.484. The zero-order chi connectivity index (χ0) is 20.9. The van der Waals surface area contributed by atoms with Gasteiger partial charge in [0.25, 0.3) is 0 Å². The minimum Gasteiger partial charge on any atom is -0.376 e. The molecule has 2 fully saturated rings. The van der Waals surface area contributed by atoms with Gasteiger partial charge in [0.15, 0.2) is 0 Å². The summed E-state index contributed by atoms with van der Waals surface area (Å²) in [7, 11) is 0. The molecule has 0 atom stereocenters. The van der Waals surface area contributed by atoms with E-state index in [4.69, 9.17) is 0 Å². The number of halogens is 3. The number of amides is 2. The van der Waals surface area contributed by atoms with Crippen LogP contribution < -0.4 is 5.32 Å². The van der Waals surface area contributed by atoms with Gasteiger partial charge in [-0.1, -0.05) is 18.9 Å². The van der Waals surface area contributed by atoms with E-state index in [1.165, 1.54) is 25.0 Å². The first-order chi connectivity index (χ1) is 13.8. The molecule has 1 aromatic rings. The molecule has 2 aliphatic rings. The lowest BCUT2D eigenvalue weighted by Crippen LogP contribution is -2.46.